The zero-order valence-electron chi connectivity index (χ0n) is 15.4. The summed E-state index contributed by atoms with van der Waals surface area (Å²) in [6.07, 6.45) is 0.00861. The standard InChI is InChI=1S/C22H19ClN2O4/c23-20-13-18(29-14-15-5-2-1-3-6-15)9-10-19(20)22(28)25-24-21(27)12-16-7-4-8-17(26)11-16/h1-11,13,26H,12,14H2,(H,24,27)(H,25,28). The van der Waals surface area contributed by atoms with Crippen LogP contribution in [0.5, 0.6) is 11.5 Å². The molecule has 0 aliphatic heterocycles. The molecule has 3 aromatic carbocycles. The highest BCUT2D eigenvalue weighted by atomic mass is 35.5. The van der Waals surface area contributed by atoms with E-state index in [1.165, 1.54) is 18.2 Å². The lowest BCUT2D eigenvalue weighted by Crippen LogP contribution is -2.42. The second-order valence-corrected chi connectivity index (χ2v) is 6.67. The Balaban J connectivity index is 1.53. The quantitative estimate of drug-likeness (QED) is 0.541. The number of amides is 2. The first-order valence-corrected chi connectivity index (χ1v) is 9.22. The fourth-order valence-corrected chi connectivity index (χ4v) is 2.86. The summed E-state index contributed by atoms with van der Waals surface area (Å²) >= 11 is 6.19. The summed E-state index contributed by atoms with van der Waals surface area (Å²) in [4.78, 5) is 24.2. The smallest absolute Gasteiger partial charge is 0.271 e. The van der Waals surface area contributed by atoms with Crippen molar-refractivity contribution in [1.82, 2.24) is 10.9 Å². The van der Waals surface area contributed by atoms with Gasteiger partial charge in [-0.05, 0) is 41.5 Å². The Morgan fingerprint density at radius 2 is 1.66 bits per heavy atom. The van der Waals surface area contributed by atoms with E-state index in [2.05, 4.69) is 10.9 Å². The molecule has 2 amide bonds. The number of carbonyl (C=O) groups excluding carboxylic acids is 2. The number of benzene rings is 3. The maximum absolute atomic E-state index is 12.3. The molecule has 0 atom stereocenters. The van der Waals surface area contributed by atoms with E-state index in [0.717, 1.165) is 5.56 Å². The summed E-state index contributed by atoms with van der Waals surface area (Å²) in [5.74, 6) is -0.374. The molecule has 7 heteroatoms. The molecule has 0 saturated carbocycles. The van der Waals surface area contributed by atoms with Crippen LogP contribution in [0.2, 0.25) is 5.02 Å². The van der Waals surface area contributed by atoms with E-state index in [9.17, 15) is 14.7 Å². The Labute approximate surface area is 173 Å². The van der Waals surface area contributed by atoms with E-state index in [1.807, 2.05) is 30.3 Å². The summed E-state index contributed by atoms with van der Waals surface area (Å²) in [6.45, 7) is 0.383. The molecule has 0 radical (unpaired) electrons. The van der Waals surface area contributed by atoms with Crippen LogP contribution in [-0.4, -0.2) is 16.9 Å². The average Bonchev–Trinajstić information content (AvgIpc) is 2.71. The molecule has 0 bridgehead atoms. The highest BCUT2D eigenvalue weighted by molar-refractivity contribution is 6.34. The van der Waals surface area contributed by atoms with Crippen LogP contribution in [0.3, 0.4) is 0 Å². The maximum atomic E-state index is 12.3. The first-order valence-electron chi connectivity index (χ1n) is 8.84. The fourth-order valence-electron chi connectivity index (χ4n) is 2.60. The Bertz CT molecular complexity index is 1010. The molecule has 0 aliphatic rings. The molecular weight excluding hydrogens is 392 g/mol. The average molecular weight is 411 g/mol. The van der Waals surface area contributed by atoms with Crippen LogP contribution in [0.4, 0.5) is 0 Å². The van der Waals surface area contributed by atoms with Crippen molar-refractivity contribution in [2.24, 2.45) is 0 Å². The maximum Gasteiger partial charge on any atom is 0.271 e. The van der Waals surface area contributed by atoms with Gasteiger partial charge in [0.05, 0.1) is 17.0 Å². The largest absolute Gasteiger partial charge is 0.508 e. The van der Waals surface area contributed by atoms with Gasteiger partial charge in [-0.15, -0.1) is 0 Å². The van der Waals surface area contributed by atoms with Gasteiger partial charge in [0.15, 0.2) is 0 Å². The predicted molar refractivity (Wildman–Crippen MR) is 110 cm³/mol. The summed E-state index contributed by atoms with van der Waals surface area (Å²) in [5.41, 5.74) is 6.49. The van der Waals surface area contributed by atoms with Crippen molar-refractivity contribution in [2.75, 3.05) is 0 Å². The molecule has 3 aromatic rings. The molecule has 0 unspecified atom stereocenters. The third-order valence-corrected chi connectivity index (χ3v) is 4.34. The fraction of sp³-hybridized carbons (Fsp3) is 0.0909. The number of phenols is 1. The van der Waals surface area contributed by atoms with Crippen LogP contribution in [0, 0.1) is 0 Å². The predicted octanol–water partition coefficient (Wildman–Crippen LogP) is 3.63. The lowest BCUT2D eigenvalue weighted by atomic mass is 10.1. The molecule has 0 aromatic heterocycles. The van der Waals surface area contributed by atoms with E-state index < -0.39 is 11.8 Å². The third-order valence-electron chi connectivity index (χ3n) is 4.02. The molecule has 0 fully saturated rings. The molecule has 148 valence electrons. The van der Waals surface area contributed by atoms with Crippen LogP contribution in [0.25, 0.3) is 0 Å². The second-order valence-electron chi connectivity index (χ2n) is 6.26. The lowest BCUT2D eigenvalue weighted by molar-refractivity contribution is -0.121. The molecule has 0 spiro atoms. The summed E-state index contributed by atoms with van der Waals surface area (Å²) in [6, 6.07) is 20.7. The number of aromatic hydroxyl groups is 1. The van der Waals surface area contributed by atoms with E-state index in [1.54, 1.807) is 24.3 Å². The van der Waals surface area contributed by atoms with Gasteiger partial charge in [0.1, 0.15) is 18.1 Å². The normalized spacial score (nSPS) is 10.2. The zero-order chi connectivity index (χ0) is 20.6. The van der Waals surface area contributed by atoms with E-state index in [0.29, 0.717) is 17.9 Å². The first kappa shape index (κ1) is 20.2. The topological polar surface area (TPSA) is 87.7 Å². The first-order chi connectivity index (χ1) is 14.0. The molecule has 3 N–H and O–H groups in total. The van der Waals surface area contributed by atoms with Gasteiger partial charge in [0.25, 0.3) is 5.91 Å². The number of halogens is 1. The van der Waals surface area contributed by atoms with Gasteiger partial charge in [-0.3, -0.25) is 20.4 Å². The number of carbonyl (C=O) groups is 2. The number of rotatable bonds is 6. The van der Waals surface area contributed by atoms with Gasteiger partial charge in [-0.1, -0.05) is 54.1 Å². The van der Waals surface area contributed by atoms with Gasteiger partial charge >= 0.3 is 0 Å². The SMILES string of the molecule is O=C(Cc1cccc(O)c1)NNC(=O)c1ccc(OCc2ccccc2)cc1Cl. The van der Waals surface area contributed by atoms with Gasteiger partial charge in [-0.25, -0.2) is 0 Å². The van der Waals surface area contributed by atoms with Crippen LogP contribution in [0.15, 0.2) is 72.8 Å². The highest BCUT2D eigenvalue weighted by Gasteiger charge is 2.13. The Hall–Kier alpha value is -3.51. The van der Waals surface area contributed by atoms with Crippen LogP contribution < -0.4 is 15.6 Å². The Morgan fingerprint density at radius 1 is 0.897 bits per heavy atom. The Kier molecular flexibility index (Phi) is 6.71. The van der Waals surface area contributed by atoms with Crippen molar-refractivity contribution >= 4 is 23.4 Å². The zero-order valence-corrected chi connectivity index (χ0v) is 16.1. The molecule has 0 aliphatic carbocycles. The minimum atomic E-state index is -0.547. The monoisotopic (exact) mass is 410 g/mol. The van der Waals surface area contributed by atoms with Crippen LogP contribution in [0.1, 0.15) is 21.5 Å². The number of hydrogen-bond donors (Lipinski definition) is 3. The molecule has 0 saturated heterocycles. The molecular formula is C22H19ClN2O4. The van der Waals surface area contributed by atoms with Crippen molar-refractivity contribution in [1.29, 1.82) is 0 Å². The van der Waals surface area contributed by atoms with E-state index in [-0.39, 0.29) is 22.8 Å². The number of phenolic OH excluding ortho intramolecular Hbond substituents is 1. The minimum Gasteiger partial charge on any atom is -0.508 e. The summed E-state index contributed by atoms with van der Waals surface area (Å²) in [5, 5.41) is 9.63. The van der Waals surface area contributed by atoms with Crippen molar-refractivity contribution < 1.29 is 19.4 Å². The van der Waals surface area contributed by atoms with Gasteiger partial charge in [-0.2, -0.15) is 0 Å². The van der Waals surface area contributed by atoms with Gasteiger partial charge in [0.2, 0.25) is 5.91 Å². The van der Waals surface area contributed by atoms with Crippen molar-refractivity contribution in [2.45, 2.75) is 13.0 Å². The number of hydrogen-bond acceptors (Lipinski definition) is 4. The van der Waals surface area contributed by atoms with Gasteiger partial charge in [0, 0.05) is 0 Å². The summed E-state index contributed by atoms with van der Waals surface area (Å²) in [7, 11) is 0. The number of hydrazine groups is 1. The third kappa shape index (κ3) is 5.99. The van der Waals surface area contributed by atoms with Crippen LogP contribution >= 0.6 is 11.6 Å². The van der Waals surface area contributed by atoms with Crippen LogP contribution in [-0.2, 0) is 17.8 Å². The van der Waals surface area contributed by atoms with E-state index in [4.69, 9.17) is 16.3 Å². The molecule has 0 heterocycles. The minimum absolute atomic E-state index is 0.00861. The van der Waals surface area contributed by atoms with E-state index >= 15 is 0 Å². The van der Waals surface area contributed by atoms with Crippen molar-refractivity contribution in [3.63, 3.8) is 0 Å². The molecule has 6 nitrogen and oxygen atoms in total. The van der Waals surface area contributed by atoms with Crippen molar-refractivity contribution in [3.05, 3.63) is 94.5 Å². The molecule has 29 heavy (non-hydrogen) atoms. The second kappa shape index (κ2) is 9.61. The van der Waals surface area contributed by atoms with Crippen molar-refractivity contribution in [3.8, 4) is 11.5 Å². The lowest BCUT2D eigenvalue weighted by Gasteiger charge is -2.11. The summed E-state index contributed by atoms with van der Waals surface area (Å²) < 4.78 is 5.68. The van der Waals surface area contributed by atoms with Gasteiger partial charge < -0.3 is 9.84 Å². The number of nitrogens with one attached hydrogen (secondary N) is 2. The molecule has 3 rings (SSSR count). The Morgan fingerprint density at radius 3 is 2.38 bits per heavy atom. The highest BCUT2D eigenvalue weighted by Crippen LogP contribution is 2.23. The number of ether oxygens (including phenoxy) is 1.